The summed E-state index contributed by atoms with van der Waals surface area (Å²) in [6, 6.07) is 11.2. The molecule has 8 nitrogen and oxygen atoms in total. The number of pyridine rings is 1. The van der Waals surface area contributed by atoms with Crippen LogP contribution in [0.25, 0.3) is 11.1 Å². The van der Waals surface area contributed by atoms with Crippen LogP contribution in [0.3, 0.4) is 0 Å². The van der Waals surface area contributed by atoms with E-state index in [-0.39, 0.29) is 23.1 Å². The molecule has 2 aromatic heterocycles. The van der Waals surface area contributed by atoms with Crippen molar-refractivity contribution in [1.29, 1.82) is 5.26 Å². The second-order valence-corrected chi connectivity index (χ2v) is 7.45. The first kappa shape index (κ1) is 17.5. The fourth-order valence-electron chi connectivity index (χ4n) is 4.22. The summed E-state index contributed by atoms with van der Waals surface area (Å²) in [5.41, 5.74) is 2.82. The van der Waals surface area contributed by atoms with Gasteiger partial charge in [0.05, 0.1) is 0 Å². The number of anilines is 1. The van der Waals surface area contributed by atoms with E-state index in [4.69, 9.17) is 9.68 Å². The highest BCUT2D eigenvalue weighted by Gasteiger charge is 2.37. The van der Waals surface area contributed by atoms with Crippen LogP contribution in [0.15, 0.2) is 39.5 Å². The number of para-hydroxylation sites is 2. The number of hydrogen-bond donors (Lipinski definition) is 1. The second kappa shape index (κ2) is 6.78. The van der Waals surface area contributed by atoms with E-state index >= 15 is 0 Å². The monoisotopic (exact) mass is 389 g/mol. The highest BCUT2D eigenvalue weighted by Crippen LogP contribution is 2.30. The van der Waals surface area contributed by atoms with Gasteiger partial charge < -0.3 is 19.2 Å². The minimum atomic E-state index is -0.371. The third-order valence-corrected chi connectivity index (χ3v) is 5.71. The topological polar surface area (TPSA) is 106 Å². The minimum Gasteiger partial charge on any atom is -0.423 e. The zero-order valence-electron chi connectivity index (χ0n) is 15.7. The lowest BCUT2D eigenvalue weighted by Crippen LogP contribution is -2.48. The maximum absolute atomic E-state index is 13.3. The Morgan fingerprint density at radius 3 is 3.00 bits per heavy atom. The first-order valence-electron chi connectivity index (χ1n) is 9.70. The van der Waals surface area contributed by atoms with Crippen LogP contribution in [0.2, 0.25) is 0 Å². The molecule has 4 heterocycles. The van der Waals surface area contributed by atoms with Gasteiger partial charge in [0, 0.05) is 31.7 Å². The number of nitriles is 1. The van der Waals surface area contributed by atoms with Crippen LogP contribution in [-0.4, -0.2) is 39.9 Å². The normalized spacial score (nSPS) is 18.7. The summed E-state index contributed by atoms with van der Waals surface area (Å²) in [6.07, 6.45) is 2.21. The molecule has 1 aromatic carbocycles. The van der Waals surface area contributed by atoms with Crippen LogP contribution in [0.4, 0.5) is 6.01 Å². The summed E-state index contributed by atoms with van der Waals surface area (Å²) in [5.74, 6) is 0.0279. The van der Waals surface area contributed by atoms with Crippen LogP contribution >= 0.6 is 0 Å². The van der Waals surface area contributed by atoms with Gasteiger partial charge in [-0.25, -0.2) is 0 Å². The van der Waals surface area contributed by atoms with Crippen LogP contribution < -0.4 is 10.5 Å². The molecule has 0 aliphatic carbocycles. The Balaban J connectivity index is 1.40. The van der Waals surface area contributed by atoms with Crippen molar-refractivity contribution >= 4 is 23.0 Å². The first-order valence-corrected chi connectivity index (χ1v) is 9.70. The molecule has 0 saturated carbocycles. The van der Waals surface area contributed by atoms with Crippen LogP contribution in [-0.2, 0) is 17.8 Å². The SMILES string of the molecule is N#Cc1cc2c([nH]c1=O)CCN(C(=O)C1CCCN1c1nc3ccccc3o1)C2. The van der Waals surface area contributed by atoms with Crippen molar-refractivity contribution in [3.8, 4) is 6.07 Å². The predicted octanol–water partition coefficient (Wildman–Crippen LogP) is 1.94. The number of carbonyl (C=O) groups excluding carboxylic acids is 1. The van der Waals surface area contributed by atoms with Gasteiger partial charge in [0.15, 0.2) is 5.58 Å². The molecule has 2 aliphatic rings. The number of nitrogens with zero attached hydrogens (tertiary/aromatic N) is 4. The molecule has 146 valence electrons. The summed E-state index contributed by atoms with van der Waals surface area (Å²) in [5, 5.41) is 9.11. The average molecular weight is 389 g/mol. The molecule has 1 unspecified atom stereocenters. The molecule has 1 amide bonds. The fourth-order valence-corrected chi connectivity index (χ4v) is 4.22. The summed E-state index contributed by atoms with van der Waals surface area (Å²) in [6.45, 7) is 1.64. The molecule has 0 spiro atoms. The van der Waals surface area contributed by atoms with E-state index < -0.39 is 0 Å². The number of carbonyl (C=O) groups is 1. The molecular weight excluding hydrogens is 370 g/mol. The van der Waals surface area contributed by atoms with Crippen molar-refractivity contribution in [3.05, 3.63) is 57.5 Å². The number of hydrogen-bond acceptors (Lipinski definition) is 6. The molecule has 1 atom stereocenters. The highest BCUT2D eigenvalue weighted by atomic mass is 16.4. The lowest BCUT2D eigenvalue weighted by Gasteiger charge is -2.33. The number of H-pyrrole nitrogens is 1. The first-order chi connectivity index (χ1) is 14.1. The van der Waals surface area contributed by atoms with Crippen molar-refractivity contribution in [2.75, 3.05) is 18.0 Å². The fraction of sp³-hybridized carbons (Fsp3) is 0.333. The molecule has 5 rings (SSSR count). The highest BCUT2D eigenvalue weighted by molar-refractivity contribution is 5.86. The van der Waals surface area contributed by atoms with E-state index in [2.05, 4.69) is 9.97 Å². The molecule has 1 fully saturated rings. The molecule has 0 radical (unpaired) electrons. The van der Waals surface area contributed by atoms with E-state index in [0.29, 0.717) is 31.1 Å². The maximum Gasteiger partial charge on any atom is 0.299 e. The van der Waals surface area contributed by atoms with Crippen LogP contribution in [0, 0.1) is 11.3 Å². The average Bonchev–Trinajstić information content (AvgIpc) is 3.39. The number of aromatic amines is 1. The van der Waals surface area contributed by atoms with Crippen molar-refractivity contribution in [3.63, 3.8) is 0 Å². The molecule has 29 heavy (non-hydrogen) atoms. The van der Waals surface area contributed by atoms with Gasteiger partial charge in [0.2, 0.25) is 5.91 Å². The van der Waals surface area contributed by atoms with Crippen molar-refractivity contribution < 1.29 is 9.21 Å². The van der Waals surface area contributed by atoms with Gasteiger partial charge in [-0.05, 0) is 36.6 Å². The predicted molar refractivity (Wildman–Crippen MR) is 105 cm³/mol. The summed E-state index contributed by atoms with van der Waals surface area (Å²) < 4.78 is 5.89. The molecular formula is C21H19N5O3. The standard InChI is InChI=1S/C21H19N5O3/c22-11-13-10-14-12-25(9-7-15(14)23-19(13)27)20(28)17-5-3-8-26(17)21-24-16-4-1-2-6-18(16)29-21/h1-2,4,6,10,17H,3,5,7-9,12H2,(H,23,27). The van der Waals surface area contributed by atoms with Gasteiger partial charge >= 0.3 is 0 Å². The third kappa shape index (κ3) is 2.95. The Hall–Kier alpha value is -3.60. The van der Waals surface area contributed by atoms with Crippen molar-refractivity contribution in [2.24, 2.45) is 0 Å². The maximum atomic E-state index is 13.3. The van der Waals surface area contributed by atoms with E-state index in [1.54, 1.807) is 11.0 Å². The van der Waals surface area contributed by atoms with Gasteiger partial charge in [-0.3, -0.25) is 9.59 Å². The number of amides is 1. The van der Waals surface area contributed by atoms with Gasteiger partial charge in [-0.15, -0.1) is 0 Å². The quantitative estimate of drug-likeness (QED) is 0.718. The Morgan fingerprint density at radius 2 is 2.17 bits per heavy atom. The van der Waals surface area contributed by atoms with Crippen molar-refractivity contribution in [2.45, 2.75) is 31.8 Å². The van der Waals surface area contributed by atoms with Gasteiger partial charge in [-0.2, -0.15) is 10.2 Å². The van der Waals surface area contributed by atoms with Crippen LogP contribution in [0.5, 0.6) is 0 Å². The van der Waals surface area contributed by atoms with E-state index in [1.165, 1.54) is 0 Å². The van der Waals surface area contributed by atoms with Gasteiger partial charge in [-0.1, -0.05) is 12.1 Å². The smallest absolute Gasteiger partial charge is 0.299 e. The largest absolute Gasteiger partial charge is 0.423 e. The van der Waals surface area contributed by atoms with E-state index in [1.807, 2.05) is 35.2 Å². The minimum absolute atomic E-state index is 0.0279. The van der Waals surface area contributed by atoms with Gasteiger partial charge in [0.25, 0.3) is 11.6 Å². The third-order valence-electron chi connectivity index (χ3n) is 5.71. The second-order valence-electron chi connectivity index (χ2n) is 7.45. The molecule has 0 bridgehead atoms. The lowest BCUT2D eigenvalue weighted by atomic mass is 10.0. The zero-order valence-corrected chi connectivity index (χ0v) is 15.7. The Labute approximate surface area is 166 Å². The zero-order chi connectivity index (χ0) is 20.0. The Morgan fingerprint density at radius 1 is 1.31 bits per heavy atom. The number of fused-ring (bicyclic) bond motifs is 2. The number of benzene rings is 1. The number of aromatic nitrogens is 2. The number of rotatable bonds is 2. The summed E-state index contributed by atoms with van der Waals surface area (Å²) in [7, 11) is 0. The summed E-state index contributed by atoms with van der Waals surface area (Å²) >= 11 is 0. The summed E-state index contributed by atoms with van der Waals surface area (Å²) in [4.78, 5) is 36.2. The van der Waals surface area contributed by atoms with Crippen molar-refractivity contribution in [1.82, 2.24) is 14.9 Å². The van der Waals surface area contributed by atoms with E-state index in [0.717, 1.165) is 36.2 Å². The molecule has 8 heteroatoms. The van der Waals surface area contributed by atoms with Crippen LogP contribution in [0.1, 0.15) is 29.7 Å². The molecule has 1 N–H and O–H groups in total. The van der Waals surface area contributed by atoms with Gasteiger partial charge in [0.1, 0.15) is 23.2 Å². The molecule has 2 aliphatic heterocycles. The number of nitrogens with one attached hydrogen (secondary N) is 1. The van der Waals surface area contributed by atoms with E-state index in [9.17, 15) is 9.59 Å². The Kier molecular flexibility index (Phi) is 4.09. The molecule has 3 aromatic rings. The Bertz CT molecular complexity index is 1170. The number of oxazole rings is 1. The molecule has 1 saturated heterocycles. The lowest BCUT2D eigenvalue weighted by molar-refractivity contribution is -0.133.